The lowest BCUT2D eigenvalue weighted by Crippen LogP contribution is -2.51. The van der Waals surface area contributed by atoms with Gasteiger partial charge in [-0.15, -0.1) is 0 Å². The Balaban J connectivity index is 4.47. The molecule has 0 rings (SSSR count). The van der Waals surface area contributed by atoms with Crippen molar-refractivity contribution in [1.82, 2.24) is 4.90 Å². The summed E-state index contributed by atoms with van der Waals surface area (Å²) in [7, 11) is 1.82. The Hall–Kier alpha value is -0.570. The van der Waals surface area contributed by atoms with Gasteiger partial charge in [-0.05, 0) is 18.8 Å². The molecule has 0 aromatic rings. The molecule has 0 aromatic carbocycles. The molecule has 0 heterocycles. The Bertz CT molecular complexity index is 196. The van der Waals surface area contributed by atoms with Crippen molar-refractivity contribution in [3.63, 3.8) is 0 Å². The summed E-state index contributed by atoms with van der Waals surface area (Å²) in [6.07, 6.45) is 0.957. The van der Waals surface area contributed by atoms with Crippen LogP contribution in [0.15, 0.2) is 0 Å². The molecule has 1 amide bonds. The van der Waals surface area contributed by atoms with Crippen LogP contribution in [0.25, 0.3) is 0 Å². The summed E-state index contributed by atoms with van der Waals surface area (Å²) in [5, 5.41) is 0. The zero-order chi connectivity index (χ0) is 11.5. The number of nitrogens with two attached hydrogens (primary N) is 1. The molecule has 14 heavy (non-hydrogen) atoms. The van der Waals surface area contributed by atoms with Gasteiger partial charge in [-0.3, -0.25) is 4.79 Å². The Morgan fingerprint density at radius 3 is 2.14 bits per heavy atom. The molecular formula is C11H24N2O. The van der Waals surface area contributed by atoms with Crippen LogP contribution in [-0.2, 0) is 4.79 Å². The zero-order valence-corrected chi connectivity index (χ0v) is 10.3. The Labute approximate surface area is 87.6 Å². The first-order valence-corrected chi connectivity index (χ1v) is 5.24. The number of carbonyl (C=O) groups excluding carboxylic acids is 1. The molecule has 2 atom stereocenters. The van der Waals surface area contributed by atoms with E-state index in [9.17, 15) is 4.79 Å². The van der Waals surface area contributed by atoms with Crippen molar-refractivity contribution in [3.05, 3.63) is 0 Å². The van der Waals surface area contributed by atoms with E-state index >= 15 is 0 Å². The third-order valence-electron chi connectivity index (χ3n) is 2.80. The summed E-state index contributed by atoms with van der Waals surface area (Å²) in [6.45, 7) is 10.1. The first kappa shape index (κ1) is 13.4. The molecule has 0 aliphatic heterocycles. The van der Waals surface area contributed by atoms with Gasteiger partial charge in [0.25, 0.3) is 0 Å². The number of rotatable bonds is 3. The largest absolute Gasteiger partial charge is 0.342 e. The van der Waals surface area contributed by atoms with Gasteiger partial charge in [0.15, 0.2) is 0 Å². The summed E-state index contributed by atoms with van der Waals surface area (Å²) >= 11 is 0. The number of hydrogen-bond donors (Lipinski definition) is 1. The SMILES string of the molecule is CCC(C)N(C)C(=O)[C@H](N)C(C)(C)C. The number of amides is 1. The van der Waals surface area contributed by atoms with E-state index in [1.807, 2.05) is 34.7 Å². The van der Waals surface area contributed by atoms with E-state index in [-0.39, 0.29) is 17.4 Å². The van der Waals surface area contributed by atoms with E-state index in [2.05, 4.69) is 6.92 Å². The predicted molar refractivity (Wildman–Crippen MR) is 60.0 cm³/mol. The summed E-state index contributed by atoms with van der Waals surface area (Å²) < 4.78 is 0. The van der Waals surface area contributed by atoms with E-state index in [4.69, 9.17) is 5.73 Å². The molecule has 3 nitrogen and oxygen atoms in total. The van der Waals surface area contributed by atoms with Crippen molar-refractivity contribution in [2.24, 2.45) is 11.1 Å². The van der Waals surface area contributed by atoms with Crippen LogP contribution < -0.4 is 5.73 Å². The van der Waals surface area contributed by atoms with E-state index in [0.29, 0.717) is 0 Å². The highest BCUT2D eigenvalue weighted by Crippen LogP contribution is 2.19. The van der Waals surface area contributed by atoms with Gasteiger partial charge in [0.05, 0.1) is 6.04 Å². The van der Waals surface area contributed by atoms with E-state index in [0.717, 1.165) is 6.42 Å². The fraction of sp³-hybridized carbons (Fsp3) is 0.909. The maximum absolute atomic E-state index is 11.9. The fourth-order valence-corrected chi connectivity index (χ4v) is 1.08. The average molecular weight is 200 g/mol. The van der Waals surface area contributed by atoms with Crippen LogP contribution in [-0.4, -0.2) is 29.9 Å². The minimum absolute atomic E-state index is 0.0341. The van der Waals surface area contributed by atoms with Gasteiger partial charge >= 0.3 is 0 Å². The Morgan fingerprint density at radius 1 is 1.43 bits per heavy atom. The second-order valence-electron chi connectivity index (χ2n) is 5.05. The quantitative estimate of drug-likeness (QED) is 0.752. The molecular weight excluding hydrogens is 176 g/mol. The van der Waals surface area contributed by atoms with Crippen LogP contribution in [0.3, 0.4) is 0 Å². The number of nitrogens with zero attached hydrogens (tertiary/aromatic N) is 1. The van der Waals surface area contributed by atoms with Gasteiger partial charge < -0.3 is 10.6 Å². The van der Waals surface area contributed by atoms with Gasteiger partial charge in [-0.2, -0.15) is 0 Å². The third-order valence-corrected chi connectivity index (χ3v) is 2.80. The van der Waals surface area contributed by atoms with Crippen LogP contribution in [0.1, 0.15) is 41.0 Å². The molecule has 0 fully saturated rings. The summed E-state index contributed by atoms with van der Waals surface area (Å²) in [5.74, 6) is 0.0341. The van der Waals surface area contributed by atoms with Crippen LogP contribution in [0.5, 0.6) is 0 Å². The normalized spacial score (nSPS) is 16.2. The second kappa shape index (κ2) is 4.78. The van der Waals surface area contributed by atoms with E-state index < -0.39 is 6.04 Å². The maximum Gasteiger partial charge on any atom is 0.240 e. The molecule has 0 saturated carbocycles. The minimum atomic E-state index is -0.415. The van der Waals surface area contributed by atoms with Crippen molar-refractivity contribution in [2.45, 2.75) is 53.1 Å². The van der Waals surface area contributed by atoms with Gasteiger partial charge in [0.2, 0.25) is 5.91 Å². The molecule has 0 saturated heterocycles. The van der Waals surface area contributed by atoms with Crippen molar-refractivity contribution in [3.8, 4) is 0 Å². The molecule has 3 heteroatoms. The smallest absolute Gasteiger partial charge is 0.240 e. The van der Waals surface area contributed by atoms with E-state index in [1.165, 1.54) is 0 Å². The highest BCUT2D eigenvalue weighted by Gasteiger charge is 2.30. The topological polar surface area (TPSA) is 46.3 Å². The lowest BCUT2D eigenvalue weighted by Gasteiger charge is -2.32. The van der Waals surface area contributed by atoms with Gasteiger partial charge in [-0.25, -0.2) is 0 Å². The number of hydrogen-bond acceptors (Lipinski definition) is 2. The van der Waals surface area contributed by atoms with Crippen molar-refractivity contribution < 1.29 is 4.79 Å². The molecule has 0 aromatic heterocycles. The number of likely N-dealkylation sites (N-methyl/N-ethyl adjacent to an activating group) is 1. The molecule has 0 aliphatic rings. The third kappa shape index (κ3) is 3.29. The van der Waals surface area contributed by atoms with Crippen molar-refractivity contribution in [1.29, 1.82) is 0 Å². The highest BCUT2D eigenvalue weighted by molar-refractivity contribution is 5.82. The lowest BCUT2D eigenvalue weighted by molar-refractivity contribution is -0.135. The van der Waals surface area contributed by atoms with Crippen LogP contribution in [0, 0.1) is 5.41 Å². The molecule has 1 unspecified atom stereocenters. The van der Waals surface area contributed by atoms with Crippen LogP contribution >= 0.6 is 0 Å². The Kier molecular flexibility index (Phi) is 4.59. The molecule has 2 N–H and O–H groups in total. The molecule has 0 bridgehead atoms. The first-order valence-electron chi connectivity index (χ1n) is 5.24. The maximum atomic E-state index is 11.9. The predicted octanol–water partition coefficient (Wildman–Crippen LogP) is 1.62. The van der Waals surface area contributed by atoms with Gasteiger partial charge in [0.1, 0.15) is 0 Å². The standard InChI is InChI=1S/C11H24N2O/c1-7-8(2)13(6)10(14)9(12)11(3,4)5/h8-9H,7,12H2,1-6H3/t8?,9-/m0/s1. The summed E-state index contributed by atoms with van der Waals surface area (Å²) in [4.78, 5) is 13.6. The van der Waals surface area contributed by atoms with Gasteiger partial charge in [0, 0.05) is 13.1 Å². The molecule has 0 aliphatic carbocycles. The average Bonchev–Trinajstić information content (AvgIpc) is 2.11. The Morgan fingerprint density at radius 2 is 1.86 bits per heavy atom. The first-order chi connectivity index (χ1) is 6.21. The summed E-state index contributed by atoms with van der Waals surface area (Å²) in [5.41, 5.74) is 5.73. The monoisotopic (exact) mass is 200 g/mol. The molecule has 0 spiro atoms. The van der Waals surface area contributed by atoms with Crippen LogP contribution in [0.4, 0.5) is 0 Å². The molecule has 0 radical (unpaired) electrons. The van der Waals surface area contributed by atoms with Crippen molar-refractivity contribution in [2.75, 3.05) is 7.05 Å². The fourth-order valence-electron chi connectivity index (χ4n) is 1.08. The van der Waals surface area contributed by atoms with Crippen LogP contribution in [0.2, 0.25) is 0 Å². The zero-order valence-electron chi connectivity index (χ0n) is 10.3. The second-order valence-corrected chi connectivity index (χ2v) is 5.05. The van der Waals surface area contributed by atoms with E-state index in [1.54, 1.807) is 4.90 Å². The summed E-state index contributed by atoms with van der Waals surface area (Å²) in [6, 6.07) is -0.155. The highest BCUT2D eigenvalue weighted by atomic mass is 16.2. The van der Waals surface area contributed by atoms with Crippen molar-refractivity contribution >= 4 is 5.91 Å². The lowest BCUT2D eigenvalue weighted by atomic mass is 9.86. The minimum Gasteiger partial charge on any atom is -0.342 e. The number of carbonyl (C=O) groups is 1. The van der Waals surface area contributed by atoms with Gasteiger partial charge in [-0.1, -0.05) is 27.7 Å². The molecule has 84 valence electrons.